The molecule has 1 heterocycles. The normalized spacial score (nSPS) is 11.0. The molecule has 0 unspecified atom stereocenters. The van der Waals surface area contributed by atoms with Crippen LogP contribution in [-0.4, -0.2) is 35.3 Å². The lowest BCUT2D eigenvalue weighted by molar-refractivity contribution is -0.122. The van der Waals surface area contributed by atoms with Crippen LogP contribution >= 0.6 is 0 Å². The van der Waals surface area contributed by atoms with Crippen molar-refractivity contribution in [3.05, 3.63) is 78.1 Å². The van der Waals surface area contributed by atoms with Gasteiger partial charge in [-0.15, -0.1) is 13.2 Å². The molecule has 2 N–H and O–H groups in total. The van der Waals surface area contributed by atoms with Gasteiger partial charge in [-0.3, -0.25) is 14.6 Å². The van der Waals surface area contributed by atoms with Gasteiger partial charge in [0.25, 0.3) is 11.8 Å². The molecule has 0 radical (unpaired) electrons. The lowest BCUT2D eigenvalue weighted by Crippen LogP contribution is -2.43. The number of phenols is 1. The van der Waals surface area contributed by atoms with E-state index in [1.54, 1.807) is 0 Å². The van der Waals surface area contributed by atoms with Gasteiger partial charge in [-0.25, -0.2) is 4.90 Å². The van der Waals surface area contributed by atoms with Gasteiger partial charge in [-0.05, 0) is 36.4 Å². The quantitative estimate of drug-likeness (QED) is 0.594. The molecule has 0 aliphatic rings. The molecule has 31 heavy (non-hydrogen) atoms. The Labute approximate surface area is 174 Å². The minimum absolute atomic E-state index is 0.0688. The van der Waals surface area contributed by atoms with Gasteiger partial charge in [0.05, 0.1) is 5.69 Å². The van der Waals surface area contributed by atoms with Crippen LogP contribution < -0.4 is 15.0 Å². The zero-order chi connectivity index (χ0) is 22.6. The molecule has 0 spiro atoms. The summed E-state index contributed by atoms with van der Waals surface area (Å²) in [5.74, 6) is -2.27. The fourth-order valence-corrected chi connectivity index (χ4v) is 2.70. The van der Waals surface area contributed by atoms with Crippen LogP contribution in [0.3, 0.4) is 0 Å². The van der Waals surface area contributed by atoms with Gasteiger partial charge in [0.15, 0.2) is 0 Å². The van der Waals surface area contributed by atoms with Gasteiger partial charge >= 0.3 is 6.30 Å². The molecule has 3 aromatic rings. The summed E-state index contributed by atoms with van der Waals surface area (Å²) in [6.07, 6.45) is -3.75. The monoisotopic (exact) mass is 431 g/mol. The highest BCUT2D eigenvalue weighted by atomic mass is 19.4. The SMILES string of the molecule is CNC(=O)c1cc(Oc2cccc(C(=O)N(c3ccccc3O)C(F)(F)F)c2)ccn1. The number of halogens is 3. The molecule has 160 valence electrons. The predicted molar refractivity (Wildman–Crippen MR) is 105 cm³/mol. The summed E-state index contributed by atoms with van der Waals surface area (Å²) in [6, 6.07) is 12.5. The summed E-state index contributed by atoms with van der Waals surface area (Å²) >= 11 is 0. The first kappa shape index (κ1) is 21.6. The molecule has 0 aliphatic carbocycles. The third kappa shape index (κ3) is 4.92. The van der Waals surface area contributed by atoms with Crippen molar-refractivity contribution in [3.8, 4) is 17.2 Å². The van der Waals surface area contributed by atoms with Crippen LogP contribution in [0.25, 0.3) is 0 Å². The van der Waals surface area contributed by atoms with E-state index in [9.17, 15) is 27.9 Å². The number of benzene rings is 2. The van der Waals surface area contributed by atoms with E-state index in [0.29, 0.717) is 0 Å². The average molecular weight is 431 g/mol. The fourth-order valence-electron chi connectivity index (χ4n) is 2.70. The number of para-hydroxylation sites is 2. The highest BCUT2D eigenvalue weighted by molar-refractivity contribution is 6.07. The summed E-state index contributed by atoms with van der Waals surface area (Å²) < 4.78 is 46.5. The number of anilines is 1. The van der Waals surface area contributed by atoms with Crippen molar-refractivity contribution in [1.82, 2.24) is 10.3 Å². The Morgan fingerprint density at radius 2 is 1.74 bits per heavy atom. The van der Waals surface area contributed by atoms with Gasteiger partial charge in [-0.1, -0.05) is 18.2 Å². The number of hydrogen-bond donors (Lipinski definition) is 2. The fraction of sp³-hybridized carbons (Fsp3) is 0.0952. The number of amides is 2. The number of hydrogen-bond acceptors (Lipinski definition) is 5. The van der Waals surface area contributed by atoms with E-state index in [4.69, 9.17) is 4.74 Å². The first-order valence-corrected chi connectivity index (χ1v) is 8.86. The molecule has 0 bridgehead atoms. The molecule has 0 atom stereocenters. The lowest BCUT2D eigenvalue weighted by Gasteiger charge is -2.25. The van der Waals surface area contributed by atoms with Gasteiger partial charge in [0.1, 0.15) is 22.9 Å². The van der Waals surface area contributed by atoms with Crippen LogP contribution in [0.15, 0.2) is 66.9 Å². The molecule has 10 heteroatoms. The lowest BCUT2D eigenvalue weighted by atomic mass is 10.1. The summed E-state index contributed by atoms with van der Waals surface area (Å²) in [4.78, 5) is 27.8. The van der Waals surface area contributed by atoms with Crippen molar-refractivity contribution in [3.63, 3.8) is 0 Å². The molecular weight excluding hydrogens is 415 g/mol. The van der Waals surface area contributed by atoms with E-state index < -0.39 is 34.5 Å². The van der Waals surface area contributed by atoms with Crippen LogP contribution in [-0.2, 0) is 0 Å². The number of carbonyl (C=O) groups is 2. The molecule has 0 fully saturated rings. The van der Waals surface area contributed by atoms with Crippen molar-refractivity contribution in [1.29, 1.82) is 0 Å². The van der Waals surface area contributed by atoms with Gasteiger partial charge < -0.3 is 15.2 Å². The van der Waals surface area contributed by atoms with Crippen LogP contribution in [0.5, 0.6) is 17.2 Å². The summed E-state index contributed by atoms with van der Waals surface area (Å²) in [5.41, 5.74) is -0.940. The molecule has 7 nitrogen and oxygen atoms in total. The first-order chi connectivity index (χ1) is 14.7. The van der Waals surface area contributed by atoms with Gasteiger partial charge in [0.2, 0.25) is 0 Å². The molecular formula is C21H16F3N3O4. The maximum absolute atomic E-state index is 13.6. The number of ether oxygens (including phenoxy) is 1. The van der Waals surface area contributed by atoms with Crippen molar-refractivity contribution < 1.29 is 32.6 Å². The number of aromatic nitrogens is 1. The Kier molecular flexibility index (Phi) is 6.10. The molecule has 2 amide bonds. The van der Waals surface area contributed by atoms with E-state index in [1.165, 1.54) is 55.7 Å². The summed E-state index contributed by atoms with van der Waals surface area (Å²) in [6.45, 7) is 0. The Morgan fingerprint density at radius 1 is 1.03 bits per heavy atom. The van der Waals surface area contributed by atoms with Crippen molar-refractivity contribution in [2.24, 2.45) is 0 Å². The van der Waals surface area contributed by atoms with Crippen LogP contribution in [0.2, 0.25) is 0 Å². The number of aromatic hydroxyl groups is 1. The van der Waals surface area contributed by atoms with E-state index >= 15 is 0 Å². The third-order valence-electron chi connectivity index (χ3n) is 4.09. The Hall–Kier alpha value is -4.08. The second kappa shape index (κ2) is 8.74. The highest BCUT2D eigenvalue weighted by Gasteiger charge is 2.43. The number of rotatable bonds is 5. The van der Waals surface area contributed by atoms with E-state index in [1.807, 2.05) is 0 Å². The minimum Gasteiger partial charge on any atom is -0.506 e. The second-order valence-corrected chi connectivity index (χ2v) is 6.18. The molecule has 1 aromatic heterocycles. The standard InChI is InChI=1S/C21H16F3N3O4/c1-25-19(29)16-12-15(9-10-26-16)31-14-6-4-5-13(11-14)20(30)27(21(22,23)24)17-7-2-3-8-18(17)28/h2-12,28H,1H3,(H,25,29). The van der Waals surface area contributed by atoms with Gasteiger partial charge in [-0.2, -0.15) is 0 Å². The third-order valence-corrected chi connectivity index (χ3v) is 4.09. The van der Waals surface area contributed by atoms with Crippen molar-refractivity contribution in [2.45, 2.75) is 6.30 Å². The molecule has 3 rings (SSSR count). The first-order valence-electron chi connectivity index (χ1n) is 8.86. The van der Waals surface area contributed by atoms with Crippen LogP contribution in [0, 0.1) is 0 Å². The average Bonchev–Trinajstić information content (AvgIpc) is 2.74. The molecule has 0 saturated carbocycles. The largest absolute Gasteiger partial charge is 0.506 e. The predicted octanol–water partition coefficient (Wildman–Crippen LogP) is 4.11. The maximum Gasteiger partial charge on any atom is 0.491 e. The smallest absolute Gasteiger partial charge is 0.491 e. The van der Waals surface area contributed by atoms with E-state index in [-0.39, 0.29) is 22.8 Å². The summed E-state index contributed by atoms with van der Waals surface area (Å²) in [7, 11) is 1.43. The maximum atomic E-state index is 13.6. The van der Waals surface area contributed by atoms with E-state index in [2.05, 4.69) is 10.3 Å². The number of nitrogens with zero attached hydrogens (tertiary/aromatic N) is 2. The molecule has 0 saturated heterocycles. The topological polar surface area (TPSA) is 91.8 Å². The van der Waals surface area contributed by atoms with E-state index in [0.717, 1.165) is 18.2 Å². The Bertz CT molecular complexity index is 1120. The van der Waals surface area contributed by atoms with Crippen molar-refractivity contribution in [2.75, 3.05) is 11.9 Å². The number of nitrogens with one attached hydrogen (secondary N) is 1. The molecule has 0 aliphatic heterocycles. The number of carbonyl (C=O) groups excluding carboxylic acids is 2. The molecule has 2 aromatic carbocycles. The van der Waals surface area contributed by atoms with Crippen LogP contribution in [0.1, 0.15) is 20.8 Å². The van der Waals surface area contributed by atoms with Crippen molar-refractivity contribution >= 4 is 17.5 Å². The minimum atomic E-state index is -5.08. The zero-order valence-corrected chi connectivity index (χ0v) is 16.1. The Morgan fingerprint density at radius 3 is 2.42 bits per heavy atom. The number of phenolic OH excluding ortho intramolecular Hbond substituents is 1. The highest BCUT2D eigenvalue weighted by Crippen LogP contribution is 2.36. The van der Waals surface area contributed by atoms with Crippen LogP contribution in [0.4, 0.5) is 18.9 Å². The van der Waals surface area contributed by atoms with Gasteiger partial charge in [0, 0.05) is 24.9 Å². The number of pyridine rings is 1. The zero-order valence-electron chi connectivity index (χ0n) is 16.1. The Balaban J connectivity index is 1.92. The summed E-state index contributed by atoms with van der Waals surface area (Å²) in [5, 5.41) is 12.2. The second-order valence-electron chi connectivity index (χ2n) is 6.18. The number of alkyl halides is 3.